The van der Waals surface area contributed by atoms with Crippen LogP contribution in [0.15, 0.2) is 55.1 Å². The van der Waals surface area contributed by atoms with Crippen LogP contribution in [0.1, 0.15) is 27.5 Å². The summed E-state index contributed by atoms with van der Waals surface area (Å²) < 4.78 is 14.0. The summed E-state index contributed by atoms with van der Waals surface area (Å²) in [5, 5.41) is 6.91. The Labute approximate surface area is 201 Å². The molecule has 3 heterocycles. The molecule has 0 aliphatic heterocycles. The van der Waals surface area contributed by atoms with Gasteiger partial charge in [-0.2, -0.15) is 11.8 Å². The van der Waals surface area contributed by atoms with Crippen molar-refractivity contribution in [2.45, 2.75) is 12.8 Å². The van der Waals surface area contributed by atoms with E-state index in [1.165, 1.54) is 12.4 Å². The van der Waals surface area contributed by atoms with E-state index in [1.807, 2.05) is 12.1 Å². The van der Waals surface area contributed by atoms with Crippen molar-refractivity contribution in [3.63, 3.8) is 0 Å². The highest BCUT2D eigenvalue weighted by Crippen LogP contribution is 2.29. The number of fused-ring (bicyclic) bond motifs is 1. The van der Waals surface area contributed by atoms with Crippen LogP contribution in [-0.2, 0) is 0 Å². The van der Waals surface area contributed by atoms with E-state index in [-0.39, 0.29) is 17.6 Å². The molecule has 0 spiro atoms. The summed E-state index contributed by atoms with van der Waals surface area (Å²) in [6.45, 7) is 2.22. The number of aromatic nitrogens is 4. The molecule has 0 saturated heterocycles. The number of hydrogen-bond acceptors (Lipinski definition) is 7. The molecule has 0 radical (unpaired) electrons. The summed E-state index contributed by atoms with van der Waals surface area (Å²) in [5.41, 5.74) is 4.00. The Hall–Kier alpha value is -3.59. The quantitative estimate of drug-likeness (QED) is 0.388. The lowest BCUT2D eigenvalue weighted by atomic mass is 9.95. The van der Waals surface area contributed by atoms with E-state index in [4.69, 9.17) is 0 Å². The van der Waals surface area contributed by atoms with Crippen molar-refractivity contribution in [1.82, 2.24) is 25.3 Å². The van der Waals surface area contributed by atoms with Crippen molar-refractivity contribution in [3.05, 3.63) is 77.8 Å². The van der Waals surface area contributed by atoms with Crippen LogP contribution in [0.5, 0.6) is 0 Å². The van der Waals surface area contributed by atoms with E-state index in [0.29, 0.717) is 34.9 Å². The first-order valence-corrected chi connectivity index (χ1v) is 12.2. The smallest absolute Gasteiger partial charge is 0.251 e. The Kier molecular flexibility index (Phi) is 7.32. The van der Waals surface area contributed by atoms with Crippen LogP contribution in [-0.4, -0.2) is 51.4 Å². The number of halogens is 1. The zero-order chi connectivity index (χ0) is 24.1. The first-order valence-electron chi connectivity index (χ1n) is 10.8. The molecule has 1 unspecified atom stereocenters. The van der Waals surface area contributed by atoms with E-state index >= 15 is 0 Å². The van der Waals surface area contributed by atoms with E-state index in [2.05, 4.69) is 42.9 Å². The van der Waals surface area contributed by atoms with Gasteiger partial charge in [0.1, 0.15) is 18.0 Å². The number of aryl methyl sites for hydroxylation is 1. The zero-order valence-electron chi connectivity index (χ0n) is 19.2. The number of rotatable bonds is 8. The Morgan fingerprint density at radius 3 is 2.76 bits per heavy atom. The second-order valence-electron chi connectivity index (χ2n) is 7.79. The SMILES string of the molecule is CNC(=O)c1ccnc2c(C(CNc3cc(-c4cnc(C)c(F)c4)ncn3)CSC)cccc12. The van der Waals surface area contributed by atoms with Crippen LogP contribution in [0.3, 0.4) is 0 Å². The normalized spacial score (nSPS) is 11.9. The van der Waals surface area contributed by atoms with Crippen LogP contribution >= 0.6 is 11.8 Å². The maximum atomic E-state index is 14.0. The van der Waals surface area contributed by atoms with Crippen LogP contribution in [0.2, 0.25) is 0 Å². The van der Waals surface area contributed by atoms with Crippen molar-refractivity contribution < 1.29 is 9.18 Å². The second-order valence-corrected chi connectivity index (χ2v) is 8.70. The third-order valence-electron chi connectivity index (χ3n) is 5.60. The summed E-state index contributed by atoms with van der Waals surface area (Å²) in [6.07, 6.45) is 6.79. The lowest BCUT2D eigenvalue weighted by molar-refractivity contribution is 0.0964. The van der Waals surface area contributed by atoms with Crippen molar-refractivity contribution >= 4 is 34.4 Å². The van der Waals surface area contributed by atoms with E-state index in [9.17, 15) is 9.18 Å². The van der Waals surface area contributed by atoms with Crippen LogP contribution in [0, 0.1) is 12.7 Å². The number of nitrogens with zero attached hydrogens (tertiary/aromatic N) is 4. The van der Waals surface area contributed by atoms with Gasteiger partial charge in [0.25, 0.3) is 5.91 Å². The zero-order valence-corrected chi connectivity index (χ0v) is 20.0. The van der Waals surface area contributed by atoms with E-state index < -0.39 is 0 Å². The molecule has 1 atom stereocenters. The van der Waals surface area contributed by atoms with Gasteiger partial charge in [-0.05, 0) is 30.9 Å². The van der Waals surface area contributed by atoms with Gasteiger partial charge in [0.05, 0.1) is 22.5 Å². The van der Waals surface area contributed by atoms with Gasteiger partial charge in [-0.25, -0.2) is 14.4 Å². The number of hydrogen-bond donors (Lipinski definition) is 2. The number of carbonyl (C=O) groups excluding carboxylic acids is 1. The van der Waals surface area contributed by atoms with Gasteiger partial charge in [-0.1, -0.05) is 18.2 Å². The van der Waals surface area contributed by atoms with Crippen LogP contribution in [0.4, 0.5) is 10.2 Å². The molecule has 4 aromatic rings. The molecule has 9 heteroatoms. The minimum atomic E-state index is -0.370. The summed E-state index contributed by atoms with van der Waals surface area (Å²) in [4.78, 5) is 29.6. The van der Waals surface area contributed by atoms with Gasteiger partial charge in [-0.3, -0.25) is 14.8 Å². The molecule has 174 valence electrons. The Balaban J connectivity index is 1.61. The number of para-hydroxylation sites is 1. The molecule has 2 N–H and O–H groups in total. The van der Waals surface area contributed by atoms with Gasteiger partial charge < -0.3 is 10.6 Å². The third-order valence-corrected chi connectivity index (χ3v) is 6.33. The molecule has 0 bridgehead atoms. The van der Waals surface area contributed by atoms with Crippen molar-refractivity contribution in [1.29, 1.82) is 0 Å². The van der Waals surface area contributed by atoms with Crippen LogP contribution < -0.4 is 10.6 Å². The average Bonchev–Trinajstić information content (AvgIpc) is 2.87. The van der Waals surface area contributed by atoms with Crippen molar-refractivity contribution in [2.75, 3.05) is 30.9 Å². The molecule has 0 aliphatic carbocycles. The lowest BCUT2D eigenvalue weighted by Gasteiger charge is -2.19. The minimum Gasteiger partial charge on any atom is -0.369 e. The van der Waals surface area contributed by atoms with Crippen molar-refractivity contribution in [3.8, 4) is 11.3 Å². The first kappa shape index (κ1) is 23.6. The highest BCUT2D eigenvalue weighted by Gasteiger charge is 2.18. The van der Waals surface area contributed by atoms with Gasteiger partial charge in [0, 0.05) is 54.7 Å². The molecular weight excluding hydrogens is 451 g/mol. The molecule has 4 rings (SSSR count). The summed E-state index contributed by atoms with van der Waals surface area (Å²) in [7, 11) is 1.62. The first-order chi connectivity index (χ1) is 16.5. The van der Waals surface area contributed by atoms with Gasteiger partial charge in [0.2, 0.25) is 0 Å². The maximum Gasteiger partial charge on any atom is 0.251 e. The molecule has 0 saturated carbocycles. The summed E-state index contributed by atoms with van der Waals surface area (Å²) in [6, 6.07) is 10.9. The summed E-state index contributed by atoms with van der Waals surface area (Å²) in [5.74, 6) is 1.09. The maximum absolute atomic E-state index is 14.0. The lowest BCUT2D eigenvalue weighted by Crippen LogP contribution is -2.19. The fourth-order valence-electron chi connectivity index (χ4n) is 3.81. The van der Waals surface area contributed by atoms with Crippen molar-refractivity contribution in [2.24, 2.45) is 0 Å². The van der Waals surface area contributed by atoms with Gasteiger partial charge in [-0.15, -0.1) is 0 Å². The van der Waals surface area contributed by atoms with E-state index in [1.54, 1.807) is 50.3 Å². The predicted octanol–water partition coefficient (Wildman–Crippen LogP) is 4.45. The fourth-order valence-corrected chi connectivity index (χ4v) is 4.51. The Bertz CT molecular complexity index is 1330. The molecule has 7 nitrogen and oxygen atoms in total. The number of thioether (sulfide) groups is 1. The number of carbonyl (C=O) groups is 1. The molecule has 0 aliphatic rings. The second kappa shape index (κ2) is 10.6. The van der Waals surface area contributed by atoms with Gasteiger partial charge >= 0.3 is 0 Å². The fraction of sp³-hybridized carbons (Fsp3) is 0.240. The Morgan fingerprint density at radius 1 is 1.15 bits per heavy atom. The van der Waals surface area contributed by atoms with Crippen LogP contribution in [0.25, 0.3) is 22.2 Å². The standard InChI is InChI=1S/C25H25FN6OS/c1-15-21(26)9-16(11-29-15)22-10-23(32-14-31-22)30-12-17(13-34-3)18-5-4-6-19-20(25(33)27-2)7-8-28-24(18)19/h4-11,14,17H,12-13H2,1-3H3,(H,27,33)(H,30,31,32). The summed E-state index contributed by atoms with van der Waals surface area (Å²) >= 11 is 1.74. The third kappa shape index (κ3) is 4.99. The number of amides is 1. The molecule has 3 aromatic heterocycles. The number of anilines is 1. The molecular formula is C25H25FN6OS. The topological polar surface area (TPSA) is 92.7 Å². The molecule has 1 amide bonds. The van der Waals surface area contributed by atoms with Gasteiger partial charge in [0.15, 0.2) is 0 Å². The highest BCUT2D eigenvalue weighted by atomic mass is 32.2. The number of pyridine rings is 2. The molecule has 1 aromatic carbocycles. The average molecular weight is 477 g/mol. The molecule has 34 heavy (non-hydrogen) atoms. The number of nitrogens with one attached hydrogen (secondary N) is 2. The largest absolute Gasteiger partial charge is 0.369 e. The predicted molar refractivity (Wildman–Crippen MR) is 135 cm³/mol. The van der Waals surface area contributed by atoms with E-state index in [0.717, 1.165) is 22.2 Å². The number of benzene rings is 1. The minimum absolute atomic E-state index is 0.114. The molecule has 0 fully saturated rings. The monoisotopic (exact) mass is 476 g/mol. The Morgan fingerprint density at radius 2 is 2.00 bits per heavy atom. The highest BCUT2D eigenvalue weighted by molar-refractivity contribution is 7.98.